The molecule has 0 aliphatic carbocycles. The van der Waals surface area contributed by atoms with E-state index in [4.69, 9.17) is 12.2 Å². The van der Waals surface area contributed by atoms with Crippen LogP contribution in [0.2, 0.25) is 0 Å². The molecule has 0 spiro atoms. The van der Waals surface area contributed by atoms with Gasteiger partial charge in [-0.05, 0) is 38.4 Å². The van der Waals surface area contributed by atoms with E-state index in [0.29, 0.717) is 6.04 Å². The van der Waals surface area contributed by atoms with E-state index in [1.165, 1.54) is 37.9 Å². The van der Waals surface area contributed by atoms with Crippen LogP contribution in [0.25, 0.3) is 0 Å². The molecule has 1 aromatic rings. The maximum Gasteiger partial charge on any atom is 0.108 e. The molecular formula is C12H18N2S. The van der Waals surface area contributed by atoms with Gasteiger partial charge in [0, 0.05) is 17.8 Å². The molecule has 1 aliphatic heterocycles. The minimum Gasteiger partial charge on any atom is -0.353 e. The molecule has 0 saturated carbocycles. The Morgan fingerprint density at radius 2 is 2.47 bits per heavy atom. The number of H-pyrrole nitrogens is 1. The summed E-state index contributed by atoms with van der Waals surface area (Å²) in [6, 6.07) is 4.76. The quantitative estimate of drug-likeness (QED) is 0.791. The summed E-state index contributed by atoms with van der Waals surface area (Å²) >= 11 is 5.34. The normalized spacial score (nSPS) is 22.1. The molecule has 1 unspecified atom stereocenters. The Kier molecular flexibility index (Phi) is 3.54. The molecule has 0 amide bonds. The topological polar surface area (TPSA) is 19.0 Å². The van der Waals surface area contributed by atoms with Gasteiger partial charge in [-0.1, -0.05) is 25.2 Å². The zero-order chi connectivity index (χ0) is 10.7. The van der Waals surface area contributed by atoms with Gasteiger partial charge in [-0.3, -0.25) is 4.90 Å². The summed E-state index contributed by atoms with van der Waals surface area (Å²) < 4.78 is 0.908. The van der Waals surface area contributed by atoms with Gasteiger partial charge in [0.15, 0.2) is 0 Å². The monoisotopic (exact) mass is 222 g/mol. The van der Waals surface area contributed by atoms with Crippen LogP contribution in [0.3, 0.4) is 0 Å². The van der Waals surface area contributed by atoms with Crippen molar-refractivity contribution in [1.82, 2.24) is 9.88 Å². The second-order valence-corrected chi connectivity index (χ2v) is 4.56. The highest BCUT2D eigenvalue weighted by atomic mass is 32.1. The molecule has 1 atom stereocenters. The number of likely N-dealkylation sites (tertiary alicyclic amines) is 1. The summed E-state index contributed by atoms with van der Waals surface area (Å²) in [6.07, 6.45) is 5.68. The van der Waals surface area contributed by atoms with Crippen LogP contribution in [0, 0.1) is 4.64 Å². The van der Waals surface area contributed by atoms with Crippen molar-refractivity contribution in [1.29, 1.82) is 0 Å². The molecule has 0 aromatic carbocycles. The van der Waals surface area contributed by atoms with E-state index in [1.54, 1.807) is 0 Å². The van der Waals surface area contributed by atoms with E-state index in [0.717, 1.165) is 4.64 Å². The largest absolute Gasteiger partial charge is 0.353 e. The summed E-state index contributed by atoms with van der Waals surface area (Å²) in [4.78, 5) is 5.68. The van der Waals surface area contributed by atoms with Gasteiger partial charge in [-0.2, -0.15) is 0 Å². The van der Waals surface area contributed by atoms with Crippen molar-refractivity contribution in [3.8, 4) is 0 Å². The Morgan fingerprint density at radius 1 is 1.60 bits per heavy atom. The third-order valence-electron chi connectivity index (χ3n) is 3.08. The molecule has 2 nitrogen and oxygen atoms in total. The van der Waals surface area contributed by atoms with Gasteiger partial charge in [-0.15, -0.1) is 0 Å². The van der Waals surface area contributed by atoms with Crippen molar-refractivity contribution >= 4 is 12.2 Å². The van der Waals surface area contributed by atoms with Crippen LogP contribution in [0.4, 0.5) is 0 Å². The Hall–Kier alpha value is -0.670. The first-order valence-electron chi connectivity index (χ1n) is 5.74. The number of pyridine rings is 1. The molecule has 2 heterocycles. The number of hydrogen-bond donors (Lipinski definition) is 1. The predicted octanol–water partition coefficient (Wildman–Crippen LogP) is 3.29. The van der Waals surface area contributed by atoms with E-state index >= 15 is 0 Å². The lowest BCUT2D eigenvalue weighted by molar-refractivity contribution is 0.257. The van der Waals surface area contributed by atoms with E-state index in [2.05, 4.69) is 22.9 Å². The molecule has 3 heteroatoms. The van der Waals surface area contributed by atoms with Crippen LogP contribution in [0.15, 0.2) is 18.3 Å². The van der Waals surface area contributed by atoms with Gasteiger partial charge in [-0.25, -0.2) is 0 Å². The van der Waals surface area contributed by atoms with Crippen molar-refractivity contribution in [3.63, 3.8) is 0 Å². The van der Waals surface area contributed by atoms with Crippen molar-refractivity contribution in [2.45, 2.75) is 32.2 Å². The van der Waals surface area contributed by atoms with Crippen LogP contribution in [-0.2, 0) is 0 Å². The van der Waals surface area contributed by atoms with Gasteiger partial charge >= 0.3 is 0 Å². The third-order valence-corrected chi connectivity index (χ3v) is 3.44. The molecule has 15 heavy (non-hydrogen) atoms. The molecule has 1 saturated heterocycles. The van der Waals surface area contributed by atoms with Gasteiger partial charge in [0.05, 0.1) is 0 Å². The molecule has 0 radical (unpaired) electrons. The van der Waals surface area contributed by atoms with Crippen LogP contribution in [0.1, 0.15) is 37.8 Å². The highest BCUT2D eigenvalue weighted by Gasteiger charge is 2.25. The van der Waals surface area contributed by atoms with E-state index in [-0.39, 0.29) is 0 Å². The minimum atomic E-state index is 0.551. The first-order valence-corrected chi connectivity index (χ1v) is 6.15. The van der Waals surface area contributed by atoms with E-state index in [1.807, 2.05) is 12.3 Å². The zero-order valence-electron chi connectivity index (χ0n) is 9.20. The number of rotatable bonds is 3. The highest BCUT2D eigenvalue weighted by molar-refractivity contribution is 7.71. The van der Waals surface area contributed by atoms with Crippen LogP contribution < -0.4 is 0 Å². The number of nitrogens with one attached hydrogen (secondary N) is 1. The maximum atomic E-state index is 5.34. The molecule has 0 bridgehead atoms. The second-order valence-electron chi connectivity index (χ2n) is 4.15. The van der Waals surface area contributed by atoms with Crippen molar-refractivity contribution < 1.29 is 0 Å². The summed E-state index contributed by atoms with van der Waals surface area (Å²) in [5.74, 6) is 0. The molecule has 1 aliphatic rings. The average Bonchev–Trinajstić information content (AvgIpc) is 2.67. The smallest absolute Gasteiger partial charge is 0.108 e. The lowest BCUT2D eigenvalue weighted by atomic mass is 10.1. The number of nitrogens with zero attached hydrogens (tertiary/aromatic N) is 1. The molecule has 82 valence electrons. The second kappa shape index (κ2) is 4.90. The number of hydrogen-bond acceptors (Lipinski definition) is 2. The zero-order valence-corrected chi connectivity index (χ0v) is 10.0. The van der Waals surface area contributed by atoms with Crippen LogP contribution in [-0.4, -0.2) is 23.0 Å². The van der Waals surface area contributed by atoms with Crippen LogP contribution >= 0.6 is 12.2 Å². The molecule has 1 N–H and O–H groups in total. The standard InChI is InChI=1S/C12H18N2S/c1-2-8-14-9-4-6-11(14)10-5-3-7-13-12(10)15/h3,5,7,11H,2,4,6,8-9H2,1H3,(H,13,15). The van der Waals surface area contributed by atoms with Crippen molar-refractivity contribution in [2.75, 3.05) is 13.1 Å². The first kappa shape index (κ1) is 10.8. The first-order chi connectivity index (χ1) is 7.33. The van der Waals surface area contributed by atoms with E-state index in [9.17, 15) is 0 Å². The average molecular weight is 222 g/mol. The minimum absolute atomic E-state index is 0.551. The van der Waals surface area contributed by atoms with Gasteiger partial charge in [0.2, 0.25) is 0 Å². The summed E-state index contributed by atoms with van der Waals surface area (Å²) in [7, 11) is 0. The fraction of sp³-hybridized carbons (Fsp3) is 0.583. The van der Waals surface area contributed by atoms with Gasteiger partial charge in [0.1, 0.15) is 4.64 Å². The predicted molar refractivity (Wildman–Crippen MR) is 65.5 cm³/mol. The summed E-state index contributed by atoms with van der Waals surface area (Å²) in [5, 5.41) is 0. The molecule has 2 rings (SSSR count). The van der Waals surface area contributed by atoms with Crippen molar-refractivity contribution in [3.05, 3.63) is 28.5 Å². The number of aromatic nitrogens is 1. The molecular weight excluding hydrogens is 204 g/mol. The third kappa shape index (κ3) is 2.29. The summed E-state index contributed by atoms with van der Waals surface area (Å²) in [5.41, 5.74) is 1.30. The van der Waals surface area contributed by atoms with Crippen LogP contribution in [0.5, 0.6) is 0 Å². The SMILES string of the molecule is CCCN1CCCC1c1ccc[nH]c1=S. The van der Waals surface area contributed by atoms with E-state index < -0.39 is 0 Å². The fourth-order valence-electron chi connectivity index (χ4n) is 2.43. The lowest BCUT2D eigenvalue weighted by Crippen LogP contribution is -2.24. The summed E-state index contributed by atoms with van der Waals surface area (Å²) in [6.45, 7) is 4.65. The molecule has 1 aromatic heterocycles. The Bertz CT molecular complexity index is 372. The lowest BCUT2D eigenvalue weighted by Gasteiger charge is -2.23. The van der Waals surface area contributed by atoms with Gasteiger partial charge < -0.3 is 4.98 Å². The fourth-order valence-corrected chi connectivity index (χ4v) is 2.70. The Balaban J connectivity index is 2.23. The Morgan fingerprint density at radius 3 is 3.20 bits per heavy atom. The maximum absolute atomic E-state index is 5.34. The number of aromatic amines is 1. The Labute approximate surface area is 96.3 Å². The van der Waals surface area contributed by atoms with Crippen molar-refractivity contribution in [2.24, 2.45) is 0 Å². The molecule has 1 fully saturated rings. The highest BCUT2D eigenvalue weighted by Crippen LogP contribution is 2.31. The van der Waals surface area contributed by atoms with Gasteiger partial charge in [0.25, 0.3) is 0 Å².